The second-order valence-electron chi connectivity index (χ2n) is 3.24. The average molecular weight is 261 g/mol. The van der Waals surface area contributed by atoms with Crippen LogP contribution in [0, 0.1) is 0 Å². The molecular formula is C10H10Cl2N2S. The van der Waals surface area contributed by atoms with Crippen molar-refractivity contribution in [3.63, 3.8) is 0 Å². The summed E-state index contributed by atoms with van der Waals surface area (Å²) in [4.78, 5) is 4.31. The van der Waals surface area contributed by atoms with Gasteiger partial charge in [0.25, 0.3) is 0 Å². The zero-order valence-corrected chi connectivity index (χ0v) is 10.3. The highest BCUT2D eigenvalue weighted by atomic mass is 35.5. The SMILES string of the molecule is SC(C1=NCCN1)c1cccc(Cl)c1Cl. The van der Waals surface area contributed by atoms with Gasteiger partial charge in [0.15, 0.2) is 0 Å². The number of nitrogens with zero attached hydrogens (tertiary/aromatic N) is 1. The molecule has 1 N–H and O–H groups in total. The number of halogens is 2. The fourth-order valence-electron chi connectivity index (χ4n) is 1.48. The van der Waals surface area contributed by atoms with Gasteiger partial charge in [-0.1, -0.05) is 35.3 Å². The predicted octanol–water partition coefficient (Wildman–Crippen LogP) is 2.97. The van der Waals surface area contributed by atoms with Gasteiger partial charge in [-0.3, -0.25) is 4.99 Å². The molecule has 0 amide bonds. The molecule has 1 aliphatic rings. The molecule has 1 heterocycles. The minimum atomic E-state index is -0.126. The lowest BCUT2D eigenvalue weighted by atomic mass is 10.1. The summed E-state index contributed by atoms with van der Waals surface area (Å²) in [7, 11) is 0. The van der Waals surface area contributed by atoms with E-state index < -0.39 is 0 Å². The molecule has 5 heteroatoms. The molecule has 1 aromatic carbocycles. The van der Waals surface area contributed by atoms with Gasteiger partial charge >= 0.3 is 0 Å². The van der Waals surface area contributed by atoms with Crippen molar-refractivity contribution in [1.29, 1.82) is 0 Å². The third-order valence-corrected chi connectivity index (χ3v) is 3.59. The van der Waals surface area contributed by atoms with E-state index in [0.29, 0.717) is 10.0 Å². The van der Waals surface area contributed by atoms with Crippen LogP contribution in [0.15, 0.2) is 23.2 Å². The molecule has 2 rings (SSSR count). The van der Waals surface area contributed by atoms with Crippen molar-refractivity contribution in [1.82, 2.24) is 5.32 Å². The molecule has 0 bridgehead atoms. The van der Waals surface area contributed by atoms with Gasteiger partial charge in [-0.25, -0.2) is 0 Å². The van der Waals surface area contributed by atoms with Crippen LogP contribution in [0.4, 0.5) is 0 Å². The van der Waals surface area contributed by atoms with Crippen molar-refractivity contribution in [2.24, 2.45) is 4.99 Å². The molecule has 0 saturated carbocycles. The summed E-state index contributed by atoms with van der Waals surface area (Å²) in [5.41, 5.74) is 0.889. The van der Waals surface area contributed by atoms with E-state index in [1.165, 1.54) is 0 Å². The number of aliphatic imine (C=N–C) groups is 1. The second kappa shape index (κ2) is 4.64. The van der Waals surface area contributed by atoms with E-state index in [4.69, 9.17) is 23.2 Å². The quantitative estimate of drug-likeness (QED) is 0.786. The fraction of sp³-hybridized carbons (Fsp3) is 0.300. The Labute approximate surface area is 104 Å². The van der Waals surface area contributed by atoms with E-state index >= 15 is 0 Å². The first-order chi connectivity index (χ1) is 7.20. The highest BCUT2D eigenvalue weighted by Crippen LogP contribution is 2.33. The van der Waals surface area contributed by atoms with Crippen molar-refractivity contribution in [2.45, 2.75) is 5.25 Å². The molecule has 1 aliphatic heterocycles. The maximum absolute atomic E-state index is 6.10. The third-order valence-electron chi connectivity index (χ3n) is 2.24. The zero-order valence-electron chi connectivity index (χ0n) is 7.87. The van der Waals surface area contributed by atoms with Crippen molar-refractivity contribution in [2.75, 3.05) is 13.1 Å². The molecule has 2 nitrogen and oxygen atoms in total. The molecule has 1 unspecified atom stereocenters. The first kappa shape index (κ1) is 11.1. The molecular weight excluding hydrogens is 251 g/mol. The summed E-state index contributed by atoms with van der Waals surface area (Å²) < 4.78 is 0. The standard InChI is InChI=1S/C10H10Cl2N2S/c11-7-3-1-2-6(8(7)12)9(15)10-13-4-5-14-10/h1-3,9,15H,4-5H2,(H,13,14). The number of hydrogen-bond donors (Lipinski definition) is 2. The number of benzene rings is 1. The average Bonchev–Trinajstić information content (AvgIpc) is 2.74. The van der Waals surface area contributed by atoms with Gasteiger partial charge < -0.3 is 5.32 Å². The van der Waals surface area contributed by atoms with Gasteiger partial charge in [0, 0.05) is 6.54 Å². The van der Waals surface area contributed by atoms with E-state index in [2.05, 4.69) is 22.9 Å². The predicted molar refractivity (Wildman–Crippen MR) is 68.5 cm³/mol. The maximum Gasteiger partial charge on any atom is 0.114 e. The maximum atomic E-state index is 6.10. The minimum absolute atomic E-state index is 0.126. The minimum Gasteiger partial charge on any atom is -0.371 e. The number of amidine groups is 1. The highest BCUT2D eigenvalue weighted by molar-refractivity contribution is 7.81. The monoisotopic (exact) mass is 260 g/mol. The lowest BCUT2D eigenvalue weighted by Gasteiger charge is -2.14. The summed E-state index contributed by atoms with van der Waals surface area (Å²) in [5.74, 6) is 0.863. The summed E-state index contributed by atoms with van der Waals surface area (Å²) >= 11 is 16.5. The summed E-state index contributed by atoms with van der Waals surface area (Å²) in [5, 5.41) is 4.15. The van der Waals surface area contributed by atoms with Gasteiger partial charge in [0.1, 0.15) is 5.84 Å². The van der Waals surface area contributed by atoms with Crippen molar-refractivity contribution in [3.8, 4) is 0 Å². The van der Waals surface area contributed by atoms with Gasteiger partial charge in [-0.2, -0.15) is 12.6 Å². The molecule has 0 radical (unpaired) electrons. The van der Waals surface area contributed by atoms with Crippen LogP contribution < -0.4 is 5.32 Å². The van der Waals surface area contributed by atoms with Gasteiger partial charge in [-0.15, -0.1) is 0 Å². The number of rotatable bonds is 2. The van der Waals surface area contributed by atoms with Crippen molar-refractivity contribution in [3.05, 3.63) is 33.8 Å². The van der Waals surface area contributed by atoms with Gasteiger partial charge in [-0.05, 0) is 11.6 Å². The largest absolute Gasteiger partial charge is 0.371 e. The topological polar surface area (TPSA) is 24.4 Å². The lowest BCUT2D eigenvalue weighted by molar-refractivity contribution is 0.952. The lowest BCUT2D eigenvalue weighted by Crippen LogP contribution is -2.23. The van der Waals surface area contributed by atoms with Gasteiger partial charge in [0.05, 0.1) is 21.8 Å². The van der Waals surface area contributed by atoms with Crippen LogP contribution in [0.25, 0.3) is 0 Å². The van der Waals surface area contributed by atoms with Crippen LogP contribution in [0.3, 0.4) is 0 Å². The van der Waals surface area contributed by atoms with Crippen LogP contribution in [-0.4, -0.2) is 18.9 Å². The van der Waals surface area contributed by atoms with Crippen LogP contribution >= 0.6 is 35.8 Å². The van der Waals surface area contributed by atoms with Crippen LogP contribution in [0.1, 0.15) is 10.8 Å². The number of hydrogen-bond acceptors (Lipinski definition) is 3. The number of thiol groups is 1. The first-order valence-electron chi connectivity index (χ1n) is 4.60. The zero-order chi connectivity index (χ0) is 10.8. The Hall–Kier alpha value is -0.380. The van der Waals surface area contributed by atoms with Crippen LogP contribution in [0.2, 0.25) is 10.0 Å². The molecule has 0 aromatic heterocycles. The molecule has 1 atom stereocenters. The fourth-order valence-corrected chi connectivity index (χ4v) is 2.36. The molecule has 80 valence electrons. The highest BCUT2D eigenvalue weighted by Gasteiger charge is 2.19. The summed E-state index contributed by atoms with van der Waals surface area (Å²) in [6, 6.07) is 5.54. The van der Waals surface area contributed by atoms with E-state index in [9.17, 15) is 0 Å². The number of nitrogens with one attached hydrogen (secondary N) is 1. The Morgan fingerprint density at radius 3 is 2.87 bits per heavy atom. The molecule has 0 saturated heterocycles. The van der Waals surface area contributed by atoms with Crippen molar-refractivity contribution < 1.29 is 0 Å². The van der Waals surface area contributed by atoms with Crippen molar-refractivity contribution >= 4 is 41.7 Å². The van der Waals surface area contributed by atoms with E-state index in [0.717, 1.165) is 24.5 Å². The normalized spacial score (nSPS) is 17.1. The van der Waals surface area contributed by atoms with Crippen LogP contribution in [0.5, 0.6) is 0 Å². The Morgan fingerprint density at radius 1 is 1.40 bits per heavy atom. The molecule has 0 fully saturated rings. The van der Waals surface area contributed by atoms with E-state index in [1.54, 1.807) is 6.07 Å². The summed E-state index contributed by atoms with van der Waals surface area (Å²) in [6.45, 7) is 1.66. The molecule has 0 spiro atoms. The molecule has 0 aliphatic carbocycles. The third kappa shape index (κ3) is 2.25. The second-order valence-corrected chi connectivity index (χ2v) is 4.54. The smallest absolute Gasteiger partial charge is 0.114 e. The van der Waals surface area contributed by atoms with Gasteiger partial charge in [0.2, 0.25) is 0 Å². The Kier molecular flexibility index (Phi) is 3.44. The van der Waals surface area contributed by atoms with Crippen LogP contribution in [-0.2, 0) is 0 Å². The molecule has 1 aromatic rings. The summed E-state index contributed by atoms with van der Waals surface area (Å²) in [6.07, 6.45) is 0. The Morgan fingerprint density at radius 2 is 2.20 bits per heavy atom. The first-order valence-corrected chi connectivity index (χ1v) is 5.87. The molecule has 15 heavy (non-hydrogen) atoms. The van der Waals surface area contributed by atoms with E-state index in [-0.39, 0.29) is 5.25 Å². The van der Waals surface area contributed by atoms with E-state index in [1.807, 2.05) is 12.1 Å². The Bertz CT molecular complexity index is 406. The Balaban J connectivity index is 2.32.